The summed E-state index contributed by atoms with van der Waals surface area (Å²) in [6.45, 7) is 0. The van der Waals surface area contributed by atoms with Gasteiger partial charge in [0, 0.05) is 42.8 Å². The van der Waals surface area contributed by atoms with Gasteiger partial charge in [0.2, 0.25) is 0 Å². The third-order valence-corrected chi connectivity index (χ3v) is 4.39. The number of nitrogens with two attached hydrogens (primary N) is 1. The van der Waals surface area contributed by atoms with Crippen molar-refractivity contribution in [3.05, 3.63) is 64.5 Å². The molecule has 0 radical (unpaired) electrons. The number of hydrogen-bond acceptors (Lipinski definition) is 4. The van der Waals surface area contributed by atoms with Crippen LogP contribution in [0.2, 0.25) is 0 Å². The minimum absolute atomic E-state index is 0.770. The summed E-state index contributed by atoms with van der Waals surface area (Å²) in [5, 5.41) is 3.22. The number of nitrogen functional groups attached to an aromatic ring is 1. The Morgan fingerprint density at radius 1 is 1.09 bits per heavy atom. The predicted octanol–water partition coefficient (Wildman–Crippen LogP) is 4.05. The van der Waals surface area contributed by atoms with Gasteiger partial charge in [0.05, 0.1) is 10.7 Å². The summed E-state index contributed by atoms with van der Waals surface area (Å²) in [6, 6.07) is 16.5. The maximum absolute atomic E-state index is 5.84. The number of hydrogen-bond donors (Lipinski definition) is 1. The molecule has 0 amide bonds. The summed E-state index contributed by atoms with van der Waals surface area (Å²) in [6.07, 6.45) is 0.862. The van der Waals surface area contributed by atoms with Crippen LogP contribution in [0.5, 0.6) is 0 Å². The fourth-order valence-electron chi connectivity index (χ4n) is 2.31. The molecule has 1 heterocycles. The van der Waals surface area contributed by atoms with Crippen molar-refractivity contribution in [2.75, 3.05) is 24.7 Å². The van der Waals surface area contributed by atoms with Crippen molar-refractivity contribution < 1.29 is 0 Å². The number of thiazole rings is 1. The van der Waals surface area contributed by atoms with Gasteiger partial charge in [-0.05, 0) is 29.8 Å². The summed E-state index contributed by atoms with van der Waals surface area (Å²) >= 11 is 1.69. The molecule has 3 aromatic rings. The second-order valence-electron chi connectivity index (χ2n) is 5.49. The molecule has 0 bridgehead atoms. The Bertz CT molecular complexity index is 760. The van der Waals surface area contributed by atoms with Gasteiger partial charge in [0.1, 0.15) is 0 Å². The fraction of sp³-hybridized carbons (Fsp3) is 0.167. The van der Waals surface area contributed by atoms with Crippen LogP contribution in [0.3, 0.4) is 0 Å². The molecule has 3 rings (SSSR count). The lowest BCUT2D eigenvalue weighted by Gasteiger charge is -2.12. The Labute approximate surface area is 135 Å². The Morgan fingerprint density at radius 2 is 1.86 bits per heavy atom. The highest BCUT2D eigenvalue weighted by Crippen LogP contribution is 2.25. The van der Waals surface area contributed by atoms with Crippen molar-refractivity contribution in [1.29, 1.82) is 0 Å². The molecule has 22 heavy (non-hydrogen) atoms. The monoisotopic (exact) mass is 309 g/mol. The lowest BCUT2D eigenvalue weighted by molar-refractivity contribution is 1.11. The predicted molar refractivity (Wildman–Crippen MR) is 95.5 cm³/mol. The molecule has 0 unspecified atom stereocenters. The second kappa shape index (κ2) is 6.20. The van der Waals surface area contributed by atoms with E-state index < -0.39 is 0 Å². The van der Waals surface area contributed by atoms with Gasteiger partial charge in [-0.2, -0.15) is 0 Å². The average molecular weight is 309 g/mol. The van der Waals surface area contributed by atoms with E-state index in [9.17, 15) is 0 Å². The summed E-state index contributed by atoms with van der Waals surface area (Å²) in [5.41, 5.74) is 11.2. The highest BCUT2D eigenvalue weighted by atomic mass is 32.1. The van der Waals surface area contributed by atoms with Gasteiger partial charge >= 0.3 is 0 Å². The van der Waals surface area contributed by atoms with Crippen LogP contribution in [0, 0.1) is 0 Å². The van der Waals surface area contributed by atoms with Crippen molar-refractivity contribution >= 4 is 22.7 Å². The first-order valence-electron chi connectivity index (χ1n) is 7.18. The standard InChI is InChI=1S/C18H19N3S/c1-21(2)16-8-6-13(7-9-16)10-18-20-17(12-22-18)14-4-3-5-15(19)11-14/h3-9,11-12H,10,19H2,1-2H3. The normalized spacial score (nSPS) is 10.6. The summed E-state index contributed by atoms with van der Waals surface area (Å²) in [4.78, 5) is 6.83. The number of aromatic nitrogens is 1. The third kappa shape index (κ3) is 3.28. The number of anilines is 2. The molecule has 4 heteroatoms. The van der Waals surface area contributed by atoms with E-state index >= 15 is 0 Å². The molecule has 0 aliphatic carbocycles. The molecule has 0 spiro atoms. The van der Waals surface area contributed by atoms with Crippen LogP contribution < -0.4 is 10.6 Å². The summed E-state index contributed by atoms with van der Waals surface area (Å²) in [7, 11) is 4.10. The Balaban J connectivity index is 1.77. The van der Waals surface area contributed by atoms with Gasteiger partial charge in [-0.25, -0.2) is 4.98 Å². The average Bonchev–Trinajstić information content (AvgIpc) is 2.96. The van der Waals surface area contributed by atoms with Crippen LogP contribution >= 0.6 is 11.3 Å². The van der Waals surface area contributed by atoms with Gasteiger partial charge < -0.3 is 10.6 Å². The molecular weight excluding hydrogens is 290 g/mol. The van der Waals surface area contributed by atoms with Crippen LogP contribution in [-0.2, 0) is 6.42 Å². The van der Waals surface area contributed by atoms with E-state index in [1.54, 1.807) is 11.3 Å². The molecule has 0 fully saturated rings. The fourth-order valence-corrected chi connectivity index (χ4v) is 3.15. The molecule has 112 valence electrons. The van der Waals surface area contributed by atoms with Gasteiger partial charge in [-0.1, -0.05) is 24.3 Å². The van der Waals surface area contributed by atoms with Gasteiger partial charge in [-0.15, -0.1) is 11.3 Å². The first-order valence-corrected chi connectivity index (χ1v) is 8.06. The van der Waals surface area contributed by atoms with E-state index in [1.165, 1.54) is 11.3 Å². The topological polar surface area (TPSA) is 42.2 Å². The van der Waals surface area contributed by atoms with Gasteiger partial charge in [-0.3, -0.25) is 0 Å². The maximum atomic E-state index is 5.84. The first kappa shape index (κ1) is 14.6. The minimum atomic E-state index is 0.770. The molecule has 2 aromatic carbocycles. The van der Waals surface area contributed by atoms with Crippen molar-refractivity contribution in [1.82, 2.24) is 4.98 Å². The summed E-state index contributed by atoms with van der Waals surface area (Å²) in [5.74, 6) is 0. The van der Waals surface area contributed by atoms with Crippen LogP contribution in [0.25, 0.3) is 11.3 Å². The minimum Gasteiger partial charge on any atom is -0.399 e. The third-order valence-electron chi connectivity index (χ3n) is 3.54. The van der Waals surface area contributed by atoms with E-state index in [2.05, 4.69) is 34.5 Å². The van der Waals surface area contributed by atoms with E-state index in [4.69, 9.17) is 10.7 Å². The maximum Gasteiger partial charge on any atom is 0.0976 e. The lowest BCUT2D eigenvalue weighted by Crippen LogP contribution is -2.08. The molecule has 3 nitrogen and oxygen atoms in total. The van der Waals surface area contributed by atoms with Crippen LogP contribution in [-0.4, -0.2) is 19.1 Å². The Kier molecular flexibility index (Phi) is 4.11. The highest BCUT2D eigenvalue weighted by molar-refractivity contribution is 7.10. The van der Waals surface area contributed by atoms with E-state index in [-0.39, 0.29) is 0 Å². The quantitative estimate of drug-likeness (QED) is 0.739. The smallest absolute Gasteiger partial charge is 0.0976 e. The largest absolute Gasteiger partial charge is 0.399 e. The highest BCUT2D eigenvalue weighted by Gasteiger charge is 2.06. The zero-order chi connectivity index (χ0) is 15.5. The molecule has 1 aromatic heterocycles. The van der Waals surface area contributed by atoms with Crippen LogP contribution in [0.4, 0.5) is 11.4 Å². The van der Waals surface area contributed by atoms with E-state index in [1.807, 2.05) is 38.4 Å². The van der Waals surface area contributed by atoms with Crippen molar-refractivity contribution in [3.63, 3.8) is 0 Å². The Morgan fingerprint density at radius 3 is 2.55 bits per heavy atom. The molecule has 0 saturated heterocycles. The zero-order valence-corrected chi connectivity index (χ0v) is 13.6. The molecule has 0 aliphatic rings. The number of benzene rings is 2. The Hall–Kier alpha value is -2.33. The molecule has 2 N–H and O–H groups in total. The second-order valence-corrected chi connectivity index (χ2v) is 6.43. The van der Waals surface area contributed by atoms with Crippen LogP contribution in [0.15, 0.2) is 53.9 Å². The summed E-state index contributed by atoms with van der Waals surface area (Å²) < 4.78 is 0. The lowest BCUT2D eigenvalue weighted by atomic mass is 10.1. The SMILES string of the molecule is CN(C)c1ccc(Cc2nc(-c3cccc(N)c3)cs2)cc1. The van der Waals surface area contributed by atoms with E-state index in [0.29, 0.717) is 0 Å². The van der Waals surface area contributed by atoms with Gasteiger partial charge in [0.15, 0.2) is 0 Å². The molecule has 0 atom stereocenters. The van der Waals surface area contributed by atoms with Gasteiger partial charge in [0.25, 0.3) is 0 Å². The van der Waals surface area contributed by atoms with Crippen molar-refractivity contribution in [3.8, 4) is 11.3 Å². The van der Waals surface area contributed by atoms with E-state index in [0.717, 1.165) is 28.4 Å². The van der Waals surface area contributed by atoms with Crippen molar-refractivity contribution in [2.45, 2.75) is 6.42 Å². The first-order chi connectivity index (χ1) is 10.6. The zero-order valence-electron chi connectivity index (χ0n) is 12.8. The van der Waals surface area contributed by atoms with Crippen molar-refractivity contribution in [2.24, 2.45) is 0 Å². The number of rotatable bonds is 4. The van der Waals surface area contributed by atoms with Crippen LogP contribution in [0.1, 0.15) is 10.6 Å². The molecule has 0 saturated carbocycles. The molecule has 0 aliphatic heterocycles. The number of nitrogens with zero attached hydrogens (tertiary/aromatic N) is 2. The molecular formula is C18H19N3S.